The minimum absolute atomic E-state index is 0.394. The summed E-state index contributed by atoms with van der Waals surface area (Å²) < 4.78 is 5.31. The molecule has 2 heteroatoms. The van der Waals surface area contributed by atoms with Gasteiger partial charge in [0.2, 0.25) is 0 Å². The molecule has 1 aliphatic carbocycles. The summed E-state index contributed by atoms with van der Waals surface area (Å²) in [4.78, 5) is 0. The van der Waals surface area contributed by atoms with Crippen LogP contribution in [0.4, 0.5) is 0 Å². The van der Waals surface area contributed by atoms with Gasteiger partial charge in [-0.2, -0.15) is 0 Å². The van der Waals surface area contributed by atoms with Crippen molar-refractivity contribution in [1.29, 1.82) is 0 Å². The monoisotopic (exact) mass is 275 g/mol. The van der Waals surface area contributed by atoms with Gasteiger partial charge in [0.05, 0.1) is 7.11 Å². The molecule has 2 rings (SSSR count). The van der Waals surface area contributed by atoms with Crippen LogP contribution in [0.2, 0.25) is 0 Å². The van der Waals surface area contributed by atoms with E-state index >= 15 is 0 Å². The largest absolute Gasteiger partial charge is 0.497 e. The first-order chi connectivity index (χ1) is 9.60. The molecule has 0 spiro atoms. The van der Waals surface area contributed by atoms with E-state index in [0.717, 1.165) is 17.6 Å². The lowest BCUT2D eigenvalue weighted by Gasteiger charge is -2.33. The molecular formula is C18H29NO. The average Bonchev–Trinajstić information content (AvgIpc) is 2.47. The molecule has 0 bridgehead atoms. The molecule has 1 unspecified atom stereocenters. The van der Waals surface area contributed by atoms with Crippen molar-refractivity contribution in [2.45, 2.75) is 58.5 Å². The number of hydrogen-bond donors (Lipinski definition) is 1. The summed E-state index contributed by atoms with van der Waals surface area (Å²) >= 11 is 0. The van der Waals surface area contributed by atoms with Crippen LogP contribution in [0.25, 0.3) is 0 Å². The molecule has 0 aromatic heterocycles. The fourth-order valence-corrected chi connectivity index (χ4v) is 3.31. The van der Waals surface area contributed by atoms with Crippen LogP contribution in [0.5, 0.6) is 5.75 Å². The van der Waals surface area contributed by atoms with E-state index in [-0.39, 0.29) is 0 Å². The van der Waals surface area contributed by atoms with Crippen molar-refractivity contribution >= 4 is 0 Å². The predicted molar refractivity (Wildman–Crippen MR) is 85.1 cm³/mol. The zero-order valence-electron chi connectivity index (χ0n) is 13.4. The molecule has 1 aliphatic rings. The number of benzene rings is 1. The molecule has 20 heavy (non-hydrogen) atoms. The van der Waals surface area contributed by atoms with E-state index in [1.54, 1.807) is 7.11 Å². The van der Waals surface area contributed by atoms with Crippen molar-refractivity contribution in [2.24, 2.45) is 11.8 Å². The molecule has 0 amide bonds. The van der Waals surface area contributed by atoms with Gasteiger partial charge in [0.25, 0.3) is 0 Å². The standard InChI is InChI=1S/C18H29NO/c1-13(2)15-8-10-17(11-9-15)19-14(3)16-6-5-7-18(12-16)20-4/h5-7,12-15,17,19H,8-11H2,1-4H3. The van der Waals surface area contributed by atoms with E-state index in [0.29, 0.717) is 12.1 Å². The van der Waals surface area contributed by atoms with Crippen molar-refractivity contribution in [2.75, 3.05) is 7.11 Å². The van der Waals surface area contributed by atoms with Gasteiger partial charge >= 0.3 is 0 Å². The Kier molecular flexibility index (Phi) is 5.47. The second-order valence-corrected chi connectivity index (χ2v) is 6.52. The fraction of sp³-hybridized carbons (Fsp3) is 0.667. The lowest BCUT2D eigenvalue weighted by molar-refractivity contribution is 0.231. The van der Waals surface area contributed by atoms with Gasteiger partial charge in [-0.25, -0.2) is 0 Å². The second kappa shape index (κ2) is 7.12. The van der Waals surface area contributed by atoms with Crippen LogP contribution in [-0.4, -0.2) is 13.2 Å². The number of rotatable bonds is 5. The maximum atomic E-state index is 5.31. The quantitative estimate of drug-likeness (QED) is 0.850. The molecule has 1 fully saturated rings. The van der Waals surface area contributed by atoms with E-state index < -0.39 is 0 Å². The van der Waals surface area contributed by atoms with Crippen LogP contribution in [-0.2, 0) is 0 Å². The maximum absolute atomic E-state index is 5.31. The van der Waals surface area contributed by atoms with Crippen molar-refractivity contribution in [3.8, 4) is 5.75 Å². The van der Waals surface area contributed by atoms with E-state index in [1.807, 2.05) is 6.07 Å². The lowest BCUT2D eigenvalue weighted by atomic mass is 9.79. The van der Waals surface area contributed by atoms with Gasteiger partial charge in [0.15, 0.2) is 0 Å². The first kappa shape index (κ1) is 15.4. The summed E-state index contributed by atoms with van der Waals surface area (Å²) in [6.07, 6.45) is 5.38. The smallest absolute Gasteiger partial charge is 0.119 e. The zero-order valence-corrected chi connectivity index (χ0v) is 13.4. The third-order valence-electron chi connectivity index (χ3n) is 4.79. The SMILES string of the molecule is COc1cccc(C(C)NC2CCC(C(C)C)CC2)c1. The number of nitrogens with one attached hydrogen (secondary N) is 1. The van der Waals surface area contributed by atoms with Crippen LogP contribution < -0.4 is 10.1 Å². The number of hydrogen-bond acceptors (Lipinski definition) is 2. The highest BCUT2D eigenvalue weighted by molar-refractivity contribution is 5.30. The molecule has 1 aromatic carbocycles. The van der Waals surface area contributed by atoms with Gasteiger partial charge in [0, 0.05) is 12.1 Å². The molecule has 2 nitrogen and oxygen atoms in total. The predicted octanol–water partition coefficient (Wildman–Crippen LogP) is 4.56. The van der Waals surface area contributed by atoms with Crippen molar-refractivity contribution < 1.29 is 4.74 Å². The maximum Gasteiger partial charge on any atom is 0.119 e. The highest BCUT2D eigenvalue weighted by atomic mass is 16.5. The normalized spacial score (nSPS) is 24.6. The lowest BCUT2D eigenvalue weighted by Crippen LogP contribution is -2.35. The second-order valence-electron chi connectivity index (χ2n) is 6.52. The first-order valence-corrected chi connectivity index (χ1v) is 8.00. The van der Waals surface area contributed by atoms with Crippen LogP contribution in [0.3, 0.4) is 0 Å². The Morgan fingerprint density at radius 1 is 1.10 bits per heavy atom. The highest BCUT2D eigenvalue weighted by Crippen LogP contribution is 2.31. The molecule has 0 aliphatic heterocycles. The van der Waals surface area contributed by atoms with Gasteiger partial charge < -0.3 is 10.1 Å². The fourth-order valence-electron chi connectivity index (χ4n) is 3.31. The van der Waals surface area contributed by atoms with E-state index in [9.17, 15) is 0 Å². The molecular weight excluding hydrogens is 246 g/mol. The molecule has 0 saturated heterocycles. The van der Waals surface area contributed by atoms with E-state index in [4.69, 9.17) is 4.74 Å². The van der Waals surface area contributed by atoms with Gasteiger partial charge in [-0.15, -0.1) is 0 Å². The third kappa shape index (κ3) is 3.99. The Morgan fingerprint density at radius 2 is 1.80 bits per heavy atom. The third-order valence-corrected chi connectivity index (χ3v) is 4.79. The van der Waals surface area contributed by atoms with Crippen LogP contribution >= 0.6 is 0 Å². The molecule has 0 radical (unpaired) electrons. The minimum Gasteiger partial charge on any atom is -0.497 e. The Bertz CT molecular complexity index is 408. The van der Waals surface area contributed by atoms with Gasteiger partial charge in [-0.3, -0.25) is 0 Å². The molecule has 1 aromatic rings. The van der Waals surface area contributed by atoms with E-state index in [2.05, 4.69) is 44.3 Å². The molecule has 1 saturated carbocycles. The van der Waals surface area contributed by atoms with Crippen molar-refractivity contribution in [3.63, 3.8) is 0 Å². The van der Waals surface area contributed by atoms with Crippen molar-refractivity contribution in [3.05, 3.63) is 29.8 Å². The number of ether oxygens (including phenoxy) is 1. The van der Waals surface area contributed by atoms with Gasteiger partial charge in [-0.05, 0) is 62.1 Å². The summed E-state index contributed by atoms with van der Waals surface area (Å²) in [6, 6.07) is 9.46. The summed E-state index contributed by atoms with van der Waals surface area (Å²) in [7, 11) is 1.73. The summed E-state index contributed by atoms with van der Waals surface area (Å²) in [5.41, 5.74) is 1.32. The summed E-state index contributed by atoms with van der Waals surface area (Å²) in [5, 5.41) is 3.79. The average molecular weight is 275 g/mol. The van der Waals surface area contributed by atoms with Crippen molar-refractivity contribution in [1.82, 2.24) is 5.32 Å². The first-order valence-electron chi connectivity index (χ1n) is 8.00. The van der Waals surface area contributed by atoms with Crippen LogP contribution in [0.15, 0.2) is 24.3 Å². The van der Waals surface area contributed by atoms with Crippen LogP contribution in [0.1, 0.15) is 58.1 Å². The van der Waals surface area contributed by atoms with Crippen LogP contribution in [0, 0.1) is 11.8 Å². The molecule has 1 atom stereocenters. The topological polar surface area (TPSA) is 21.3 Å². The van der Waals surface area contributed by atoms with Gasteiger partial charge in [0.1, 0.15) is 5.75 Å². The minimum atomic E-state index is 0.394. The Labute approximate surface area is 123 Å². The highest BCUT2D eigenvalue weighted by Gasteiger charge is 2.24. The zero-order chi connectivity index (χ0) is 14.5. The van der Waals surface area contributed by atoms with Gasteiger partial charge in [-0.1, -0.05) is 26.0 Å². The Morgan fingerprint density at radius 3 is 2.40 bits per heavy atom. The molecule has 1 N–H and O–H groups in total. The summed E-state index contributed by atoms with van der Waals surface area (Å²) in [5.74, 6) is 2.71. The molecule has 112 valence electrons. The summed E-state index contributed by atoms with van der Waals surface area (Å²) in [6.45, 7) is 6.97. The Balaban J connectivity index is 1.87. The Hall–Kier alpha value is -1.02. The number of methoxy groups -OCH3 is 1. The van der Waals surface area contributed by atoms with E-state index in [1.165, 1.54) is 31.2 Å². The molecule has 0 heterocycles.